The maximum Gasteiger partial charge on any atom is 0.234 e. The second-order valence-corrected chi connectivity index (χ2v) is 4.13. The third kappa shape index (κ3) is 3.19. The van der Waals surface area contributed by atoms with Crippen LogP contribution in [0.15, 0.2) is 36.0 Å². The first-order chi connectivity index (χ1) is 7.54. The fourth-order valence-corrected chi connectivity index (χ4v) is 1.75. The van der Waals surface area contributed by atoms with Gasteiger partial charge in [-0.3, -0.25) is 14.9 Å². The van der Waals surface area contributed by atoms with Gasteiger partial charge in [0, 0.05) is 6.42 Å². The summed E-state index contributed by atoms with van der Waals surface area (Å²) in [7, 11) is 0. The molecule has 0 aromatic carbocycles. The van der Waals surface area contributed by atoms with Gasteiger partial charge in [-0.1, -0.05) is 30.4 Å². The predicted octanol–water partition coefficient (Wildman–Crippen LogP) is 2.12. The number of hydrogen-bond acceptors (Lipinski definition) is 2. The van der Waals surface area contributed by atoms with Crippen LogP contribution in [0.3, 0.4) is 0 Å². The van der Waals surface area contributed by atoms with E-state index in [0.717, 1.165) is 11.1 Å². The Bertz CT molecular complexity index is 373. The summed E-state index contributed by atoms with van der Waals surface area (Å²) in [6, 6.07) is 0. The number of imide groups is 1. The van der Waals surface area contributed by atoms with E-state index in [2.05, 4.69) is 11.9 Å². The fraction of sp³-hybridized carbons (Fsp3) is 0.385. The zero-order valence-electron chi connectivity index (χ0n) is 9.75. The van der Waals surface area contributed by atoms with Gasteiger partial charge in [-0.15, -0.1) is 0 Å². The second-order valence-electron chi connectivity index (χ2n) is 4.13. The van der Waals surface area contributed by atoms with E-state index in [1.807, 2.05) is 26.0 Å². The molecule has 1 unspecified atom stereocenters. The molecule has 1 aliphatic heterocycles. The maximum absolute atomic E-state index is 11.7. The fourth-order valence-electron chi connectivity index (χ4n) is 1.75. The lowest BCUT2D eigenvalue weighted by molar-refractivity contribution is -0.135. The Labute approximate surface area is 95.9 Å². The highest BCUT2D eigenvalue weighted by atomic mass is 16.2. The molecular weight excluding hydrogens is 202 g/mol. The number of nitrogens with one attached hydrogen (secondary N) is 1. The van der Waals surface area contributed by atoms with Gasteiger partial charge in [-0.05, 0) is 25.8 Å². The first kappa shape index (κ1) is 12.4. The molecule has 0 radical (unpaired) electrons. The number of rotatable bonds is 3. The molecule has 3 nitrogen and oxygen atoms in total. The van der Waals surface area contributed by atoms with Gasteiger partial charge >= 0.3 is 0 Å². The lowest BCUT2D eigenvalue weighted by Gasteiger charge is -2.22. The van der Waals surface area contributed by atoms with Gasteiger partial charge in [0.1, 0.15) is 0 Å². The zero-order chi connectivity index (χ0) is 12.1. The maximum atomic E-state index is 11.7. The van der Waals surface area contributed by atoms with Crippen molar-refractivity contribution in [3.63, 3.8) is 0 Å². The number of carbonyl (C=O) groups is 2. The monoisotopic (exact) mass is 219 g/mol. The van der Waals surface area contributed by atoms with Crippen LogP contribution >= 0.6 is 0 Å². The summed E-state index contributed by atoms with van der Waals surface area (Å²) < 4.78 is 0. The minimum absolute atomic E-state index is 0.184. The normalized spacial score (nSPS) is 21.4. The highest BCUT2D eigenvalue weighted by molar-refractivity contribution is 6.00. The molecule has 0 aromatic rings. The first-order valence-corrected chi connectivity index (χ1v) is 5.36. The lowest BCUT2D eigenvalue weighted by atomic mass is 9.89. The molecule has 86 valence electrons. The molecule has 1 saturated heterocycles. The topological polar surface area (TPSA) is 46.2 Å². The molecule has 1 heterocycles. The summed E-state index contributed by atoms with van der Waals surface area (Å²) in [5.41, 5.74) is 2.04. The van der Waals surface area contributed by atoms with Crippen LogP contribution in [-0.2, 0) is 9.59 Å². The van der Waals surface area contributed by atoms with Crippen molar-refractivity contribution < 1.29 is 9.59 Å². The minimum Gasteiger partial charge on any atom is -0.296 e. The van der Waals surface area contributed by atoms with Crippen molar-refractivity contribution >= 4 is 11.8 Å². The van der Waals surface area contributed by atoms with Crippen molar-refractivity contribution in [1.29, 1.82) is 0 Å². The Morgan fingerprint density at radius 2 is 2.12 bits per heavy atom. The van der Waals surface area contributed by atoms with Gasteiger partial charge in [0.05, 0.1) is 5.92 Å². The number of amides is 2. The molecule has 1 N–H and O–H groups in total. The van der Waals surface area contributed by atoms with Gasteiger partial charge in [-0.25, -0.2) is 0 Å². The summed E-state index contributed by atoms with van der Waals surface area (Å²) in [5.74, 6) is -0.621. The number of piperidine rings is 1. The Kier molecular flexibility index (Phi) is 4.23. The molecule has 3 heteroatoms. The molecule has 0 aromatic heterocycles. The summed E-state index contributed by atoms with van der Waals surface area (Å²) in [6.07, 6.45) is 6.43. The molecule has 1 aliphatic rings. The van der Waals surface area contributed by atoms with E-state index in [-0.39, 0.29) is 17.7 Å². The molecule has 1 rings (SSSR count). The van der Waals surface area contributed by atoms with Crippen LogP contribution in [0.5, 0.6) is 0 Å². The third-order valence-corrected chi connectivity index (χ3v) is 2.41. The molecule has 2 amide bonds. The van der Waals surface area contributed by atoms with Gasteiger partial charge in [0.25, 0.3) is 0 Å². The van der Waals surface area contributed by atoms with Gasteiger partial charge in [0.2, 0.25) is 11.8 Å². The SMILES string of the molecule is C=C/C=C(\C=C(C)C)C1CCC(=O)NC1=O. The van der Waals surface area contributed by atoms with E-state index in [4.69, 9.17) is 0 Å². The minimum atomic E-state index is -0.231. The van der Waals surface area contributed by atoms with Crippen molar-refractivity contribution in [3.8, 4) is 0 Å². The van der Waals surface area contributed by atoms with E-state index in [1.54, 1.807) is 6.08 Å². The van der Waals surface area contributed by atoms with Crippen molar-refractivity contribution in [2.45, 2.75) is 26.7 Å². The average molecular weight is 219 g/mol. The smallest absolute Gasteiger partial charge is 0.234 e. The van der Waals surface area contributed by atoms with Gasteiger partial charge in [0.15, 0.2) is 0 Å². The number of hydrogen-bond donors (Lipinski definition) is 1. The molecule has 0 saturated carbocycles. The van der Waals surface area contributed by atoms with Crippen molar-refractivity contribution in [2.75, 3.05) is 0 Å². The van der Waals surface area contributed by atoms with E-state index in [1.165, 1.54) is 0 Å². The van der Waals surface area contributed by atoms with E-state index < -0.39 is 0 Å². The van der Waals surface area contributed by atoms with Gasteiger partial charge in [-0.2, -0.15) is 0 Å². The van der Waals surface area contributed by atoms with Crippen LogP contribution in [0.1, 0.15) is 26.7 Å². The molecule has 0 aliphatic carbocycles. The number of allylic oxidation sites excluding steroid dienone is 4. The number of carbonyl (C=O) groups excluding carboxylic acids is 2. The Morgan fingerprint density at radius 1 is 1.44 bits per heavy atom. The summed E-state index contributed by atoms with van der Waals surface area (Å²) in [6.45, 7) is 7.59. The van der Waals surface area contributed by atoms with Crippen molar-refractivity contribution in [3.05, 3.63) is 36.0 Å². The first-order valence-electron chi connectivity index (χ1n) is 5.36. The molecule has 1 fully saturated rings. The van der Waals surface area contributed by atoms with Gasteiger partial charge < -0.3 is 0 Å². The second kappa shape index (κ2) is 5.45. The van der Waals surface area contributed by atoms with Crippen LogP contribution < -0.4 is 5.32 Å². The standard InChI is InChI=1S/C13H17NO2/c1-4-5-10(8-9(2)3)11-6-7-12(15)14-13(11)16/h4-5,8,11H,1,6-7H2,2-3H3,(H,14,15,16)/b10-5+. The van der Waals surface area contributed by atoms with Crippen LogP contribution in [0, 0.1) is 5.92 Å². The third-order valence-electron chi connectivity index (χ3n) is 2.41. The Morgan fingerprint density at radius 3 is 2.62 bits per heavy atom. The van der Waals surface area contributed by atoms with Crippen molar-refractivity contribution in [2.24, 2.45) is 5.92 Å². The average Bonchev–Trinajstić information content (AvgIpc) is 2.16. The highest BCUT2D eigenvalue weighted by Crippen LogP contribution is 2.23. The Balaban J connectivity index is 2.92. The quantitative estimate of drug-likeness (QED) is 0.583. The highest BCUT2D eigenvalue weighted by Gasteiger charge is 2.28. The summed E-state index contributed by atoms with van der Waals surface area (Å²) >= 11 is 0. The molecule has 0 spiro atoms. The molecule has 0 bridgehead atoms. The van der Waals surface area contributed by atoms with E-state index >= 15 is 0 Å². The summed E-state index contributed by atoms with van der Waals surface area (Å²) in [5, 5.41) is 2.36. The lowest BCUT2D eigenvalue weighted by Crippen LogP contribution is -2.41. The predicted molar refractivity (Wildman–Crippen MR) is 63.6 cm³/mol. The molecule has 16 heavy (non-hydrogen) atoms. The van der Waals surface area contributed by atoms with E-state index in [9.17, 15) is 9.59 Å². The Hall–Kier alpha value is -1.64. The summed E-state index contributed by atoms with van der Waals surface area (Å²) in [4.78, 5) is 22.7. The van der Waals surface area contributed by atoms with Crippen LogP contribution in [0.4, 0.5) is 0 Å². The van der Waals surface area contributed by atoms with Crippen LogP contribution in [-0.4, -0.2) is 11.8 Å². The molecule has 1 atom stereocenters. The molecular formula is C13H17NO2. The van der Waals surface area contributed by atoms with E-state index in [0.29, 0.717) is 12.8 Å². The van der Waals surface area contributed by atoms with Crippen LogP contribution in [0.2, 0.25) is 0 Å². The van der Waals surface area contributed by atoms with Crippen LogP contribution in [0.25, 0.3) is 0 Å². The largest absolute Gasteiger partial charge is 0.296 e. The van der Waals surface area contributed by atoms with Crippen molar-refractivity contribution in [1.82, 2.24) is 5.32 Å². The zero-order valence-corrected chi connectivity index (χ0v) is 9.75.